The Kier molecular flexibility index (Phi) is 3.40. The fourth-order valence-electron chi connectivity index (χ4n) is 1.83. The zero-order valence-electron chi connectivity index (χ0n) is 8.66. The first-order valence-electron chi connectivity index (χ1n) is 5.38. The number of nitrogens with one attached hydrogen (secondary N) is 2. The van der Waals surface area contributed by atoms with Crippen LogP contribution >= 0.6 is 0 Å². The van der Waals surface area contributed by atoms with E-state index in [0.29, 0.717) is 11.7 Å². The third-order valence-corrected chi connectivity index (χ3v) is 2.70. The minimum absolute atomic E-state index is 0.120. The average Bonchev–Trinajstić information content (AvgIpc) is 2.81. The quantitative estimate of drug-likeness (QED) is 0.779. The summed E-state index contributed by atoms with van der Waals surface area (Å²) in [5, 5.41) is 6.20. The van der Waals surface area contributed by atoms with Crippen molar-refractivity contribution in [1.29, 1.82) is 0 Å². The van der Waals surface area contributed by atoms with Crippen LogP contribution in [0.15, 0.2) is 22.8 Å². The smallest absolute Gasteiger partial charge is 0.286 e. The molecule has 1 saturated heterocycles. The van der Waals surface area contributed by atoms with E-state index in [1.807, 2.05) is 0 Å². The van der Waals surface area contributed by atoms with Gasteiger partial charge in [-0.3, -0.25) is 4.79 Å². The van der Waals surface area contributed by atoms with Gasteiger partial charge >= 0.3 is 0 Å². The zero-order chi connectivity index (χ0) is 10.5. The molecule has 2 heterocycles. The molecule has 1 aliphatic heterocycles. The molecule has 1 unspecified atom stereocenters. The van der Waals surface area contributed by atoms with E-state index < -0.39 is 0 Å². The molecule has 1 aromatic heterocycles. The molecule has 2 rings (SSSR count). The first-order valence-corrected chi connectivity index (χ1v) is 5.38. The van der Waals surface area contributed by atoms with Crippen molar-refractivity contribution in [2.45, 2.75) is 12.8 Å². The lowest BCUT2D eigenvalue weighted by Crippen LogP contribution is -2.38. The molecule has 0 aromatic carbocycles. The summed E-state index contributed by atoms with van der Waals surface area (Å²) in [6.45, 7) is 2.83. The molecule has 4 nitrogen and oxygen atoms in total. The lowest BCUT2D eigenvalue weighted by Gasteiger charge is -2.22. The Bertz CT molecular complexity index is 302. The van der Waals surface area contributed by atoms with Crippen LogP contribution < -0.4 is 10.6 Å². The van der Waals surface area contributed by atoms with E-state index in [0.717, 1.165) is 19.6 Å². The Morgan fingerprint density at radius 1 is 1.67 bits per heavy atom. The van der Waals surface area contributed by atoms with Crippen molar-refractivity contribution >= 4 is 5.91 Å². The number of hydrogen-bond acceptors (Lipinski definition) is 3. The van der Waals surface area contributed by atoms with Crippen molar-refractivity contribution in [1.82, 2.24) is 10.6 Å². The van der Waals surface area contributed by atoms with E-state index in [1.165, 1.54) is 19.1 Å². The number of carbonyl (C=O) groups excluding carboxylic acids is 1. The van der Waals surface area contributed by atoms with Crippen LogP contribution in [-0.4, -0.2) is 25.5 Å². The molecule has 1 fully saturated rings. The van der Waals surface area contributed by atoms with E-state index in [4.69, 9.17) is 4.42 Å². The van der Waals surface area contributed by atoms with Gasteiger partial charge in [0.25, 0.3) is 5.91 Å². The Hall–Kier alpha value is -1.29. The van der Waals surface area contributed by atoms with Crippen LogP contribution in [0, 0.1) is 5.92 Å². The summed E-state index contributed by atoms with van der Waals surface area (Å²) in [6, 6.07) is 3.39. The second-order valence-electron chi connectivity index (χ2n) is 3.90. The van der Waals surface area contributed by atoms with Crippen LogP contribution in [0.5, 0.6) is 0 Å². The topological polar surface area (TPSA) is 54.3 Å². The van der Waals surface area contributed by atoms with Gasteiger partial charge in [0.2, 0.25) is 0 Å². The third kappa shape index (κ3) is 2.83. The summed E-state index contributed by atoms with van der Waals surface area (Å²) in [6.07, 6.45) is 3.89. The molecule has 0 saturated carbocycles. The Morgan fingerprint density at radius 3 is 3.27 bits per heavy atom. The summed E-state index contributed by atoms with van der Waals surface area (Å²) in [7, 11) is 0. The number of carbonyl (C=O) groups is 1. The molecule has 1 amide bonds. The van der Waals surface area contributed by atoms with E-state index in [9.17, 15) is 4.79 Å². The highest BCUT2D eigenvalue weighted by Gasteiger charge is 2.15. The van der Waals surface area contributed by atoms with Gasteiger partial charge in [0, 0.05) is 6.54 Å². The predicted molar refractivity (Wildman–Crippen MR) is 56.6 cm³/mol. The lowest BCUT2D eigenvalue weighted by atomic mass is 10.00. The normalized spacial score (nSPS) is 21.2. The second kappa shape index (κ2) is 4.98. The van der Waals surface area contributed by atoms with Gasteiger partial charge in [-0.2, -0.15) is 0 Å². The van der Waals surface area contributed by atoms with Crippen molar-refractivity contribution in [2.75, 3.05) is 19.6 Å². The maximum atomic E-state index is 11.5. The number of piperidine rings is 1. The van der Waals surface area contributed by atoms with Gasteiger partial charge in [0.1, 0.15) is 0 Å². The number of amides is 1. The van der Waals surface area contributed by atoms with Crippen molar-refractivity contribution in [3.8, 4) is 0 Å². The van der Waals surface area contributed by atoms with Gasteiger partial charge in [-0.25, -0.2) is 0 Å². The van der Waals surface area contributed by atoms with Crippen LogP contribution in [-0.2, 0) is 0 Å². The van der Waals surface area contributed by atoms with Gasteiger partial charge in [-0.15, -0.1) is 0 Å². The highest BCUT2D eigenvalue weighted by atomic mass is 16.3. The second-order valence-corrected chi connectivity index (χ2v) is 3.90. The maximum Gasteiger partial charge on any atom is 0.286 e. The predicted octanol–water partition coefficient (Wildman–Crippen LogP) is 1.01. The van der Waals surface area contributed by atoms with Crippen LogP contribution in [0.3, 0.4) is 0 Å². The minimum Gasteiger partial charge on any atom is -0.459 e. The molecule has 15 heavy (non-hydrogen) atoms. The van der Waals surface area contributed by atoms with Gasteiger partial charge in [-0.1, -0.05) is 0 Å². The molecule has 4 heteroatoms. The van der Waals surface area contributed by atoms with E-state index in [-0.39, 0.29) is 5.91 Å². The number of hydrogen-bond donors (Lipinski definition) is 2. The summed E-state index contributed by atoms with van der Waals surface area (Å²) in [4.78, 5) is 11.5. The molecule has 82 valence electrons. The van der Waals surface area contributed by atoms with Gasteiger partial charge in [-0.05, 0) is 44.0 Å². The molecular weight excluding hydrogens is 192 g/mol. The highest BCUT2D eigenvalue weighted by molar-refractivity contribution is 5.91. The average molecular weight is 208 g/mol. The molecule has 1 aliphatic rings. The molecule has 0 spiro atoms. The number of furan rings is 1. The fourth-order valence-corrected chi connectivity index (χ4v) is 1.83. The molecule has 0 bridgehead atoms. The Balaban J connectivity index is 1.75. The SMILES string of the molecule is O=C(NCC1CCCNC1)c1ccco1. The van der Waals surface area contributed by atoms with E-state index in [2.05, 4.69) is 10.6 Å². The van der Waals surface area contributed by atoms with Gasteiger partial charge in [0.05, 0.1) is 6.26 Å². The lowest BCUT2D eigenvalue weighted by molar-refractivity contribution is 0.0917. The maximum absolute atomic E-state index is 11.5. The zero-order valence-corrected chi connectivity index (χ0v) is 8.66. The van der Waals surface area contributed by atoms with E-state index in [1.54, 1.807) is 12.1 Å². The molecular formula is C11H16N2O2. The first-order chi connectivity index (χ1) is 7.36. The Labute approximate surface area is 89.0 Å². The van der Waals surface area contributed by atoms with Gasteiger partial charge < -0.3 is 15.1 Å². The molecule has 2 N–H and O–H groups in total. The largest absolute Gasteiger partial charge is 0.459 e. The first kappa shape index (κ1) is 10.2. The summed E-state index contributed by atoms with van der Waals surface area (Å²) < 4.78 is 5.01. The standard InChI is InChI=1S/C11H16N2O2/c14-11(10-4-2-6-15-10)13-8-9-3-1-5-12-7-9/h2,4,6,9,12H,1,3,5,7-8H2,(H,13,14). The van der Waals surface area contributed by atoms with E-state index >= 15 is 0 Å². The van der Waals surface area contributed by atoms with Crippen molar-refractivity contribution in [3.63, 3.8) is 0 Å². The molecule has 0 aliphatic carbocycles. The third-order valence-electron chi connectivity index (χ3n) is 2.70. The van der Waals surface area contributed by atoms with Crippen LogP contribution in [0.25, 0.3) is 0 Å². The minimum atomic E-state index is -0.120. The highest BCUT2D eigenvalue weighted by Crippen LogP contribution is 2.08. The molecule has 0 radical (unpaired) electrons. The van der Waals surface area contributed by atoms with Crippen LogP contribution in [0.4, 0.5) is 0 Å². The van der Waals surface area contributed by atoms with Crippen molar-refractivity contribution in [3.05, 3.63) is 24.2 Å². The fraction of sp³-hybridized carbons (Fsp3) is 0.545. The monoisotopic (exact) mass is 208 g/mol. The summed E-state index contributed by atoms with van der Waals surface area (Å²) in [5.41, 5.74) is 0. The van der Waals surface area contributed by atoms with Crippen molar-refractivity contribution in [2.24, 2.45) is 5.92 Å². The Morgan fingerprint density at radius 2 is 2.60 bits per heavy atom. The summed E-state index contributed by atoms with van der Waals surface area (Å²) >= 11 is 0. The van der Waals surface area contributed by atoms with Gasteiger partial charge in [0.15, 0.2) is 5.76 Å². The summed E-state index contributed by atoms with van der Waals surface area (Å²) in [5.74, 6) is 0.821. The molecule has 1 aromatic rings. The number of rotatable bonds is 3. The van der Waals surface area contributed by atoms with Crippen LogP contribution in [0.1, 0.15) is 23.4 Å². The van der Waals surface area contributed by atoms with Crippen LogP contribution in [0.2, 0.25) is 0 Å². The van der Waals surface area contributed by atoms with Crippen molar-refractivity contribution < 1.29 is 9.21 Å². The molecule has 1 atom stereocenters.